The quantitative estimate of drug-likeness (QED) is 0.901. The molecule has 0 aliphatic rings. The first kappa shape index (κ1) is 16.4. The first-order chi connectivity index (χ1) is 10.4. The molecule has 0 amide bonds. The van der Waals surface area contributed by atoms with Crippen molar-refractivity contribution in [2.24, 2.45) is 5.73 Å². The molecule has 0 saturated heterocycles. The fourth-order valence-corrected chi connectivity index (χ4v) is 2.24. The zero-order valence-electron chi connectivity index (χ0n) is 12.2. The Morgan fingerprint density at radius 2 is 1.82 bits per heavy atom. The summed E-state index contributed by atoms with van der Waals surface area (Å²) in [6.45, 7) is 2.36. The predicted octanol–water partition coefficient (Wildman–Crippen LogP) is 4.14. The summed E-state index contributed by atoms with van der Waals surface area (Å²) >= 11 is 0. The van der Waals surface area contributed by atoms with Crippen LogP contribution >= 0.6 is 0 Å². The summed E-state index contributed by atoms with van der Waals surface area (Å²) in [4.78, 5) is 0. The Hall–Kier alpha value is -2.01. The maximum absolute atomic E-state index is 12.9. The summed E-state index contributed by atoms with van der Waals surface area (Å²) in [5.41, 5.74) is 7.01. The molecule has 0 aromatic heterocycles. The van der Waals surface area contributed by atoms with E-state index in [0.717, 1.165) is 17.2 Å². The summed E-state index contributed by atoms with van der Waals surface area (Å²) in [6, 6.07) is 12.9. The standard InChI is InChI=1S/C17H18F3NO/c1-12-5-4-6-13(9-12)14(10-21)11-22-16-8-3-2-7-15(16)17(18,19)20/h2-9,14H,10-11,21H2,1H3. The van der Waals surface area contributed by atoms with E-state index in [4.69, 9.17) is 10.5 Å². The minimum Gasteiger partial charge on any atom is -0.492 e. The summed E-state index contributed by atoms with van der Waals surface area (Å²) in [7, 11) is 0. The summed E-state index contributed by atoms with van der Waals surface area (Å²) in [5.74, 6) is -0.317. The maximum atomic E-state index is 12.9. The summed E-state index contributed by atoms with van der Waals surface area (Å²) in [5, 5.41) is 0. The number of hydrogen-bond acceptors (Lipinski definition) is 2. The monoisotopic (exact) mass is 309 g/mol. The highest BCUT2D eigenvalue weighted by molar-refractivity contribution is 5.36. The van der Waals surface area contributed by atoms with E-state index in [1.165, 1.54) is 18.2 Å². The number of para-hydroxylation sites is 1. The molecule has 2 rings (SSSR count). The molecule has 0 radical (unpaired) electrons. The normalized spacial score (nSPS) is 13.0. The van der Waals surface area contributed by atoms with Gasteiger partial charge >= 0.3 is 6.18 Å². The lowest BCUT2D eigenvalue weighted by molar-refractivity contribution is -0.139. The third kappa shape index (κ3) is 4.01. The lowest BCUT2D eigenvalue weighted by Gasteiger charge is -2.19. The molecule has 0 fully saturated rings. The minimum absolute atomic E-state index is 0.104. The smallest absolute Gasteiger partial charge is 0.419 e. The topological polar surface area (TPSA) is 35.2 Å². The predicted molar refractivity (Wildman–Crippen MR) is 79.9 cm³/mol. The van der Waals surface area contributed by atoms with Crippen molar-refractivity contribution in [2.45, 2.75) is 19.0 Å². The maximum Gasteiger partial charge on any atom is 0.419 e. The van der Waals surface area contributed by atoms with E-state index in [1.54, 1.807) is 0 Å². The molecule has 1 atom stereocenters. The first-order valence-corrected chi connectivity index (χ1v) is 6.97. The fraction of sp³-hybridized carbons (Fsp3) is 0.294. The van der Waals surface area contributed by atoms with Crippen LogP contribution in [0.1, 0.15) is 22.6 Å². The molecule has 118 valence electrons. The van der Waals surface area contributed by atoms with Crippen molar-refractivity contribution >= 4 is 0 Å². The van der Waals surface area contributed by atoms with Crippen LogP contribution in [-0.2, 0) is 6.18 Å². The average molecular weight is 309 g/mol. The van der Waals surface area contributed by atoms with Crippen molar-refractivity contribution in [1.82, 2.24) is 0 Å². The molecule has 2 aromatic rings. The zero-order chi connectivity index (χ0) is 16.2. The number of hydrogen-bond donors (Lipinski definition) is 1. The number of aryl methyl sites for hydroxylation is 1. The molecule has 2 N–H and O–H groups in total. The molecule has 2 nitrogen and oxygen atoms in total. The van der Waals surface area contributed by atoms with Crippen LogP contribution < -0.4 is 10.5 Å². The van der Waals surface area contributed by atoms with Crippen LogP contribution in [0.25, 0.3) is 0 Å². The Balaban J connectivity index is 2.15. The second kappa shape index (κ2) is 6.83. The van der Waals surface area contributed by atoms with Gasteiger partial charge in [0.1, 0.15) is 5.75 Å². The van der Waals surface area contributed by atoms with Crippen LogP contribution in [0.4, 0.5) is 13.2 Å². The van der Waals surface area contributed by atoms with Gasteiger partial charge in [-0.15, -0.1) is 0 Å². The minimum atomic E-state index is -4.43. The summed E-state index contributed by atoms with van der Waals surface area (Å²) < 4.78 is 44.2. The van der Waals surface area contributed by atoms with Crippen molar-refractivity contribution in [3.63, 3.8) is 0 Å². The van der Waals surface area contributed by atoms with E-state index >= 15 is 0 Å². The Morgan fingerprint density at radius 3 is 2.45 bits per heavy atom. The third-order valence-electron chi connectivity index (χ3n) is 3.43. The van der Waals surface area contributed by atoms with Crippen LogP contribution in [-0.4, -0.2) is 13.2 Å². The van der Waals surface area contributed by atoms with Gasteiger partial charge in [-0.3, -0.25) is 0 Å². The molecule has 0 aliphatic heterocycles. The Labute approximate surface area is 127 Å². The number of ether oxygens (including phenoxy) is 1. The molecule has 0 aliphatic carbocycles. The lowest BCUT2D eigenvalue weighted by atomic mass is 9.98. The van der Waals surface area contributed by atoms with Crippen molar-refractivity contribution in [3.8, 4) is 5.75 Å². The second-order valence-electron chi connectivity index (χ2n) is 5.15. The molecule has 5 heteroatoms. The van der Waals surface area contributed by atoms with Crippen LogP contribution in [0.15, 0.2) is 48.5 Å². The lowest BCUT2D eigenvalue weighted by Crippen LogP contribution is -2.20. The van der Waals surface area contributed by atoms with Gasteiger partial charge in [-0.05, 0) is 24.6 Å². The van der Waals surface area contributed by atoms with E-state index in [1.807, 2.05) is 31.2 Å². The molecule has 0 heterocycles. The number of halogens is 3. The molecular weight excluding hydrogens is 291 g/mol. The molecule has 0 spiro atoms. The highest BCUT2D eigenvalue weighted by Crippen LogP contribution is 2.36. The Bertz CT molecular complexity index is 625. The van der Waals surface area contributed by atoms with Gasteiger partial charge in [-0.1, -0.05) is 42.0 Å². The van der Waals surface area contributed by atoms with Gasteiger partial charge in [-0.25, -0.2) is 0 Å². The van der Waals surface area contributed by atoms with E-state index in [9.17, 15) is 13.2 Å². The molecule has 0 bridgehead atoms. The van der Waals surface area contributed by atoms with E-state index < -0.39 is 11.7 Å². The molecule has 22 heavy (non-hydrogen) atoms. The van der Waals surface area contributed by atoms with Crippen molar-refractivity contribution in [1.29, 1.82) is 0 Å². The van der Waals surface area contributed by atoms with E-state index in [0.29, 0.717) is 6.54 Å². The highest BCUT2D eigenvalue weighted by atomic mass is 19.4. The van der Waals surface area contributed by atoms with Gasteiger partial charge in [0.2, 0.25) is 0 Å². The first-order valence-electron chi connectivity index (χ1n) is 6.97. The highest BCUT2D eigenvalue weighted by Gasteiger charge is 2.34. The number of nitrogens with two attached hydrogens (primary N) is 1. The van der Waals surface area contributed by atoms with Crippen molar-refractivity contribution in [2.75, 3.05) is 13.2 Å². The number of rotatable bonds is 5. The van der Waals surface area contributed by atoms with Gasteiger partial charge in [-0.2, -0.15) is 13.2 Å². The van der Waals surface area contributed by atoms with Crippen LogP contribution in [0.2, 0.25) is 0 Å². The van der Waals surface area contributed by atoms with Crippen LogP contribution in [0.5, 0.6) is 5.75 Å². The van der Waals surface area contributed by atoms with Gasteiger partial charge in [0.15, 0.2) is 0 Å². The fourth-order valence-electron chi connectivity index (χ4n) is 2.24. The average Bonchev–Trinajstić information content (AvgIpc) is 2.47. The van der Waals surface area contributed by atoms with Crippen molar-refractivity contribution < 1.29 is 17.9 Å². The number of benzene rings is 2. The number of alkyl halides is 3. The van der Waals surface area contributed by atoms with Crippen LogP contribution in [0, 0.1) is 6.92 Å². The Kier molecular flexibility index (Phi) is 5.08. The molecular formula is C17H18F3NO. The zero-order valence-corrected chi connectivity index (χ0v) is 12.2. The van der Waals surface area contributed by atoms with E-state index in [2.05, 4.69) is 0 Å². The Morgan fingerprint density at radius 1 is 1.09 bits per heavy atom. The largest absolute Gasteiger partial charge is 0.492 e. The molecule has 2 aromatic carbocycles. The summed E-state index contributed by atoms with van der Waals surface area (Å²) in [6.07, 6.45) is -4.43. The van der Waals surface area contributed by atoms with Gasteiger partial charge in [0.25, 0.3) is 0 Å². The molecule has 0 saturated carbocycles. The van der Waals surface area contributed by atoms with Gasteiger partial charge < -0.3 is 10.5 Å². The second-order valence-corrected chi connectivity index (χ2v) is 5.15. The van der Waals surface area contributed by atoms with Gasteiger partial charge in [0, 0.05) is 12.5 Å². The van der Waals surface area contributed by atoms with E-state index in [-0.39, 0.29) is 18.3 Å². The third-order valence-corrected chi connectivity index (χ3v) is 3.43. The van der Waals surface area contributed by atoms with Crippen LogP contribution in [0.3, 0.4) is 0 Å². The SMILES string of the molecule is Cc1cccc(C(CN)COc2ccccc2C(F)(F)F)c1. The van der Waals surface area contributed by atoms with Gasteiger partial charge in [0.05, 0.1) is 12.2 Å². The molecule has 1 unspecified atom stereocenters. The van der Waals surface area contributed by atoms with Crippen molar-refractivity contribution in [3.05, 3.63) is 65.2 Å².